The fourth-order valence-corrected chi connectivity index (χ4v) is 3.14. The Morgan fingerprint density at radius 2 is 1.80 bits per heavy atom. The van der Waals surface area contributed by atoms with E-state index in [-0.39, 0.29) is 10.6 Å². The number of halogens is 3. The zero-order valence-electron chi connectivity index (χ0n) is 9.90. The average molecular weight is 363 g/mol. The second kappa shape index (κ2) is 5.37. The number of nitrogen functional groups attached to an aromatic ring is 1. The van der Waals surface area contributed by atoms with Gasteiger partial charge in [-0.25, -0.2) is 17.2 Å². The third-order valence-electron chi connectivity index (χ3n) is 2.44. The van der Waals surface area contributed by atoms with Crippen molar-refractivity contribution in [1.29, 1.82) is 0 Å². The Kier molecular flexibility index (Phi) is 3.96. The van der Waals surface area contributed by atoms with E-state index in [9.17, 15) is 17.2 Å². The van der Waals surface area contributed by atoms with E-state index in [2.05, 4.69) is 15.9 Å². The van der Waals surface area contributed by atoms with E-state index < -0.39 is 27.3 Å². The van der Waals surface area contributed by atoms with Crippen molar-refractivity contribution in [2.45, 2.75) is 4.90 Å². The fraction of sp³-hybridized carbons (Fsp3) is 0. The van der Waals surface area contributed by atoms with Crippen LogP contribution in [0.2, 0.25) is 0 Å². The summed E-state index contributed by atoms with van der Waals surface area (Å²) in [6.07, 6.45) is 0. The van der Waals surface area contributed by atoms with E-state index in [4.69, 9.17) is 5.73 Å². The molecule has 0 aliphatic carbocycles. The summed E-state index contributed by atoms with van der Waals surface area (Å²) in [7, 11) is -3.99. The standard InChI is InChI=1S/C12H9BrF2N2O2S/c13-7-2-1-3-8(4-7)20(18,19)17-12-6-11(16)9(14)5-10(12)15/h1-6,17H,16H2. The second-order valence-electron chi connectivity index (χ2n) is 3.92. The monoisotopic (exact) mass is 362 g/mol. The Balaban J connectivity index is 2.41. The molecule has 0 heterocycles. The minimum atomic E-state index is -3.99. The Hall–Kier alpha value is -1.67. The van der Waals surface area contributed by atoms with Gasteiger partial charge in [-0.15, -0.1) is 0 Å². The lowest BCUT2D eigenvalue weighted by molar-refractivity contribution is 0.585. The van der Waals surface area contributed by atoms with Gasteiger partial charge >= 0.3 is 0 Å². The Morgan fingerprint density at radius 1 is 1.10 bits per heavy atom. The van der Waals surface area contributed by atoms with Gasteiger partial charge < -0.3 is 5.73 Å². The van der Waals surface area contributed by atoms with E-state index in [0.29, 0.717) is 10.5 Å². The second-order valence-corrected chi connectivity index (χ2v) is 6.51. The summed E-state index contributed by atoms with van der Waals surface area (Å²) in [5, 5.41) is 0. The van der Waals surface area contributed by atoms with Crippen molar-refractivity contribution in [3.63, 3.8) is 0 Å². The number of hydrogen-bond donors (Lipinski definition) is 2. The lowest BCUT2D eigenvalue weighted by Gasteiger charge is -2.10. The first-order chi connectivity index (χ1) is 9.29. The van der Waals surface area contributed by atoms with Crippen LogP contribution in [-0.4, -0.2) is 8.42 Å². The molecule has 3 N–H and O–H groups in total. The molecule has 0 bridgehead atoms. The van der Waals surface area contributed by atoms with Gasteiger partial charge in [-0.05, 0) is 24.3 Å². The topological polar surface area (TPSA) is 72.2 Å². The van der Waals surface area contributed by atoms with Crippen molar-refractivity contribution >= 4 is 37.3 Å². The van der Waals surface area contributed by atoms with Crippen molar-refractivity contribution in [2.75, 3.05) is 10.5 Å². The normalized spacial score (nSPS) is 11.3. The molecule has 2 aromatic carbocycles. The Bertz CT molecular complexity index is 766. The van der Waals surface area contributed by atoms with Gasteiger partial charge in [-0.1, -0.05) is 22.0 Å². The van der Waals surface area contributed by atoms with Gasteiger partial charge in [-0.3, -0.25) is 4.72 Å². The summed E-state index contributed by atoms with van der Waals surface area (Å²) >= 11 is 3.14. The molecule has 0 aliphatic rings. The van der Waals surface area contributed by atoms with Crippen molar-refractivity contribution in [2.24, 2.45) is 0 Å². The molecule has 0 aromatic heterocycles. The fourth-order valence-electron chi connectivity index (χ4n) is 1.48. The molecule has 0 atom stereocenters. The van der Waals surface area contributed by atoms with Gasteiger partial charge in [0, 0.05) is 10.5 Å². The summed E-state index contributed by atoms with van der Waals surface area (Å²) < 4.78 is 53.3. The van der Waals surface area contributed by atoms with Crippen molar-refractivity contribution in [3.05, 3.63) is 52.5 Å². The van der Waals surface area contributed by atoms with Crippen molar-refractivity contribution in [1.82, 2.24) is 0 Å². The van der Waals surface area contributed by atoms with Crippen LogP contribution in [0.5, 0.6) is 0 Å². The lowest BCUT2D eigenvalue weighted by Crippen LogP contribution is -2.14. The molecule has 0 saturated heterocycles. The van der Waals surface area contributed by atoms with Crippen LogP contribution in [0, 0.1) is 11.6 Å². The molecule has 2 aromatic rings. The van der Waals surface area contributed by atoms with E-state index in [0.717, 1.165) is 6.07 Å². The largest absolute Gasteiger partial charge is 0.396 e. The summed E-state index contributed by atoms with van der Waals surface area (Å²) in [6.45, 7) is 0. The highest BCUT2D eigenvalue weighted by atomic mass is 79.9. The highest BCUT2D eigenvalue weighted by Gasteiger charge is 2.17. The first-order valence-electron chi connectivity index (χ1n) is 5.32. The lowest BCUT2D eigenvalue weighted by atomic mass is 10.2. The third kappa shape index (κ3) is 3.07. The number of nitrogens with two attached hydrogens (primary N) is 1. The molecule has 0 spiro atoms. The first kappa shape index (κ1) is 14.7. The van der Waals surface area contributed by atoms with Gasteiger partial charge in [0.2, 0.25) is 0 Å². The van der Waals surface area contributed by atoms with Crippen LogP contribution in [0.1, 0.15) is 0 Å². The van der Waals surface area contributed by atoms with Crippen LogP contribution in [0.3, 0.4) is 0 Å². The highest BCUT2D eigenvalue weighted by molar-refractivity contribution is 9.10. The number of hydrogen-bond acceptors (Lipinski definition) is 3. The smallest absolute Gasteiger partial charge is 0.262 e. The summed E-state index contributed by atoms with van der Waals surface area (Å²) in [5.41, 5.74) is 4.53. The number of rotatable bonds is 3. The molecule has 0 amide bonds. The van der Waals surface area contributed by atoms with Crippen LogP contribution in [0.15, 0.2) is 45.8 Å². The molecule has 106 valence electrons. The maximum absolute atomic E-state index is 13.5. The summed E-state index contributed by atoms with van der Waals surface area (Å²) in [5.74, 6) is -2.00. The molecule has 2 rings (SSSR count). The molecular formula is C12H9BrF2N2O2S. The minimum Gasteiger partial charge on any atom is -0.396 e. The predicted molar refractivity (Wildman–Crippen MR) is 75.7 cm³/mol. The van der Waals surface area contributed by atoms with E-state index in [1.807, 2.05) is 4.72 Å². The maximum Gasteiger partial charge on any atom is 0.262 e. The Labute approximate surface area is 122 Å². The SMILES string of the molecule is Nc1cc(NS(=O)(=O)c2cccc(Br)c2)c(F)cc1F. The van der Waals surface area contributed by atoms with Gasteiger partial charge in [0.25, 0.3) is 10.0 Å². The van der Waals surface area contributed by atoms with Gasteiger partial charge in [0.15, 0.2) is 0 Å². The summed E-state index contributed by atoms with van der Waals surface area (Å²) in [4.78, 5) is -0.0610. The quantitative estimate of drug-likeness (QED) is 0.824. The average Bonchev–Trinajstić information content (AvgIpc) is 2.36. The number of benzene rings is 2. The van der Waals surface area contributed by atoms with E-state index in [1.54, 1.807) is 6.07 Å². The van der Waals surface area contributed by atoms with Crippen LogP contribution >= 0.6 is 15.9 Å². The third-order valence-corrected chi connectivity index (χ3v) is 4.29. The number of anilines is 2. The van der Waals surface area contributed by atoms with Gasteiger partial charge in [0.05, 0.1) is 16.3 Å². The number of nitrogens with one attached hydrogen (secondary N) is 1. The van der Waals surface area contributed by atoms with Crippen LogP contribution in [0.25, 0.3) is 0 Å². The Morgan fingerprint density at radius 3 is 2.45 bits per heavy atom. The minimum absolute atomic E-state index is 0.0610. The molecular weight excluding hydrogens is 354 g/mol. The zero-order chi connectivity index (χ0) is 14.9. The van der Waals surface area contributed by atoms with E-state index in [1.165, 1.54) is 18.2 Å². The molecule has 0 saturated carbocycles. The van der Waals surface area contributed by atoms with E-state index >= 15 is 0 Å². The molecule has 0 radical (unpaired) electrons. The molecule has 0 aliphatic heterocycles. The molecule has 8 heteroatoms. The van der Waals surface area contributed by atoms with Crippen molar-refractivity contribution in [3.8, 4) is 0 Å². The first-order valence-corrected chi connectivity index (χ1v) is 7.60. The molecule has 4 nitrogen and oxygen atoms in total. The predicted octanol–water partition coefficient (Wildman–Crippen LogP) is 3.11. The van der Waals surface area contributed by atoms with Gasteiger partial charge in [0.1, 0.15) is 11.6 Å². The van der Waals surface area contributed by atoms with Crippen LogP contribution < -0.4 is 10.5 Å². The van der Waals surface area contributed by atoms with Crippen LogP contribution in [-0.2, 0) is 10.0 Å². The highest BCUT2D eigenvalue weighted by Crippen LogP contribution is 2.24. The maximum atomic E-state index is 13.5. The van der Waals surface area contributed by atoms with Crippen molar-refractivity contribution < 1.29 is 17.2 Å². The molecule has 0 fully saturated rings. The van der Waals surface area contributed by atoms with Crippen LogP contribution in [0.4, 0.5) is 20.2 Å². The number of sulfonamides is 1. The molecule has 0 unspecified atom stereocenters. The zero-order valence-corrected chi connectivity index (χ0v) is 12.3. The summed E-state index contributed by atoms with van der Waals surface area (Å²) in [6, 6.07) is 7.28. The molecule has 20 heavy (non-hydrogen) atoms. The van der Waals surface area contributed by atoms with Gasteiger partial charge in [-0.2, -0.15) is 0 Å².